The number of benzene rings is 2. The third kappa shape index (κ3) is 6.47. The quantitative estimate of drug-likeness (QED) is 0.362. The smallest absolute Gasteiger partial charge is 0.415 e. The molecule has 8 heteroatoms. The van der Waals surface area contributed by atoms with Crippen molar-refractivity contribution in [1.29, 1.82) is 0 Å². The van der Waals surface area contributed by atoms with Gasteiger partial charge in [-0.25, -0.2) is 4.79 Å². The molecule has 0 unspecified atom stereocenters. The van der Waals surface area contributed by atoms with Gasteiger partial charge in [-0.2, -0.15) is 0 Å². The van der Waals surface area contributed by atoms with E-state index in [0.717, 1.165) is 64.3 Å². The Labute approximate surface area is 230 Å². The second-order valence-electron chi connectivity index (χ2n) is 9.27. The Balaban J connectivity index is 0.00000289. The number of piperidine rings is 3. The number of rotatable bonds is 8. The van der Waals surface area contributed by atoms with E-state index in [1.807, 2.05) is 66.0 Å². The third-order valence-electron chi connectivity index (χ3n) is 7.10. The molecule has 3 aromatic rings. The summed E-state index contributed by atoms with van der Waals surface area (Å²) in [6.45, 7) is 5.29. The molecular formula is C27H30Br2N2O3S. The maximum Gasteiger partial charge on any atom is 0.415 e. The number of nitrogens with zero attached hydrogens (tertiary/aromatic N) is 2. The summed E-state index contributed by atoms with van der Waals surface area (Å²) in [4.78, 5) is 16.3. The number of quaternary nitrogens is 1. The van der Waals surface area contributed by atoms with Crippen LogP contribution in [0.2, 0.25) is 0 Å². The molecule has 3 aliphatic heterocycles. The number of thiophene rings is 1. The van der Waals surface area contributed by atoms with Gasteiger partial charge < -0.3 is 30.9 Å². The van der Waals surface area contributed by atoms with E-state index >= 15 is 0 Å². The van der Waals surface area contributed by atoms with Crippen molar-refractivity contribution in [2.45, 2.75) is 25.5 Å². The zero-order valence-electron chi connectivity index (χ0n) is 19.5. The van der Waals surface area contributed by atoms with Crippen molar-refractivity contribution >= 4 is 39.0 Å². The second-order valence-corrected chi connectivity index (χ2v) is 11.2. The van der Waals surface area contributed by atoms with E-state index in [4.69, 9.17) is 9.47 Å². The SMILES string of the molecule is O=C(O[C@H]1C[N+]2(CCOc3ccccc3)CCC1CC2)N(Cc1cc(Br)cs1)c1ccccc1.[Br-]. The van der Waals surface area contributed by atoms with Gasteiger partial charge in [-0.1, -0.05) is 36.4 Å². The Morgan fingerprint density at radius 1 is 1.06 bits per heavy atom. The number of carbonyl (C=O) groups excluding carboxylic acids is 1. The van der Waals surface area contributed by atoms with Crippen LogP contribution >= 0.6 is 27.3 Å². The Bertz CT molecular complexity index is 1090. The fourth-order valence-electron chi connectivity index (χ4n) is 5.20. The second kappa shape index (κ2) is 11.9. The highest BCUT2D eigenvalue weighted by atomic mass is 79.9. The topological polar surface area (TPSA) is 38.8 Å². The minimum absolute atomic E-state index is 0. The predicted octanol–water partition coefficient (Wildman–Crippen LogP) is 3.35. The largest absolute Gasteiger partial charge is 1.00 e. The molecule has 0 spiro atoms. The zero-order valence-corrected chi connectivity index (χ0v) is 23.5. The van der Waals surface area contributed by atoms with Crippen LogP contribution in [-0.2, 0) is 11.3 Å². The number of hydrogen-bond donors (Lipinski definition) is 0. The molecule has 1 aromatic heterocycles. The van der Waals surface area contributed by atoms with Gasteiger partial charge in [0.25, 0.3) is 0 Å². The molecule has 0 radical (unpaired) electrons. The van der Waals surface area contributed by atoms with E-state index in [0.29, 0.717) is 19.1 Å². The van der Waals surface area contributed by atoms with Crippen LogP contribution in [0.3, 0.4) is 0 Å². The van der Waals surface area contributed by atoms with E-state index in [1.165, 1.54) is 0 Å². The molecule has 5 nitrogen and oxygen atoms in total. The highest BCUT2D eigenvalue weighted by molar-refractivity contribution is 9.10. The summed E-state index contributed by atoms with van der Waals surface area (Å²) in [6, 6.07) is 21.9. The monoisotopic (exact) mass is 620 g/mol. The molecule has 186 valence electrons. The molecule has 35 heavy (non-hydrogen) atoms. The number of para-hydroxylation sites is 2. The van der Waals surface area contributed by atoms with Gasteiger partial charge in [0.05, 0.1) is 19.6 Å². The van der Waals surface area contributed by atoms with Gasteiger partial charge in [-0.15, -0.1) is 11.3 Å². The molecule has 2 aromatic carbocycles. The summed E-state index contributed by atoms with van der Waals surface area (Å²) < 4.78 is 14.2. The van der Waals surface area contributed by atoms with Crippen molar-refractivity contribution < 1.29 is 35.7 Å². The number of carbonyl (C=O) groups is 1. The highest BCUT2D eigenvalue weighted by Crippen LogP contribution is 2.36. The van der Waals surface area contributed by atoms with Crippen molar-refractivity contribution in [3.8, 4) is 5.75 Å². The molecule has 3 saturated heterocycles. The maximum atomic E-state index is 13.5. The first kappa shape index (κ1) is 26.2. The molecule has 6 rings (SSSR count). The van der Waals surface area contributed by atoms with Crippen LogP contribution in [0.15, 0.2) is 76.6 Å². The molecule has 0 aliphatic carbocycles. The molecule has 1 amide bonds. The first-order valence-corrected chi connectivity index (χ1v) is 13.6. The summed E-state index contributed by atoms with van der Waals surface area (Å²) >= 11 is 5.16. The first-order chi connectivity index (χ1) is 16.6. The summed E-state index contributed by atoms with van der Waals surface area (Å²) in [5, 5.41) is 2.04. The molecule has 0 N–H and O–H groups in total. The lowest BCUT2D eigenvalue weighted by molar-refractivity contribution is -0.946. The molecule has 1 atom stereocenters. The lowest BCUT2D eigenvalue weighted by Crippen LogP contribution is -3.00. The number of anilines is 1. The molecule has 3 fully saturated rings. The van der Waals surface area contributed by atoms with E-state index in [1.54, 1.807) is 16.2 Å². The summed E-state index contributed by atoms with van der Waals surface area (Å²) in [5.41, 5.74) is 0.860. The summed E-state index contributed by atoms with van der Waals surface area (Å²) in [7, 11) is 0. The molecule has 2 bridgehead atoms. The van der Waals surface area contributed by atoms with Gasteiger partial charge in [0.1, 0.15) is 25.4 Å². The minimum Gasteiger partial charge on any atom is -1.00 e. The van der Waals surface area contributed by atoms with Crippen LogP contribution in [0.1, 0.15) is 17.7 Å². The Morgan fingerprint density at radius 2 is 1.74 bits per heavy atom. The first-order valence-electron chi connectivity index (χ1n) is 11.9. The number of fused-ring (bicyclic) bond motifs is 3. The van der Waals surface area contributed by atoms with Crippen molar-refractivity contribution in [2.75, 3.05) is 37.7 Å². The number of hydrogen-bond acceptors (Lipinski definition) is 4. The molecule has 3 aliphatic rings. The van der Waals surface area contributed by atoms with Crippen LogP contribution < -0.4 is 26.6 Å². The Hall–Kier alpha value is -1.87. The van der Waals surface area contributed by atoms with Gasteiger partial charge in [0.2, 0.25) is 0 Å². The lowest BCUT2D eigenvalue weighted by Gasteiger charge is -2.52. The van der Waals surface area contributed by atoms with Gasteiger partial charge in [-0.3, -0.25) is 4.90 Å². The van der Waals surface area contributed by atoms with Crippen LogP contribution in [0.25, 0.3) is 0 Å². The van der Waals surface area contributed by atoms with Crippen molar-refractivity contribution in [2.24, 2.45) is 5.92 Å². The molecule has 4 heterocycles. The molecular weight excluding hydrogens is 592 g/mol. The zero-order chi connectivity index (χ0) is 23.4. The van der Waals surface area contributed by atoms with Crippen LogP contribution in [0, 0.1) is 5.92 Å². The average molecular weight is 622 g/mol. The third-order valence-corrected chi connectivity index (χ3v) is 8.78. The average Bonchev–Trinajstić information content (AvgIpc) is 3.29. The van der Waals surface area contributed by atoms with Gasteiger partial charge in [0, 0.05) is 39.2 Å². The summed E-state index contributed by atoms with van der Waals surface area (Å²) in [5.74, 6) is 1.36. The van der Waals surface area contributed by atoms with Gasteiger partial charge >= 0.3 is 6.09 Å². The van der Waals surface area contributed by atoms with Gasteiger partial charge in [0.15, 0.2) is 6.10 Å². The predicted molar refractivity (Wildman–Crippen MR) is 139 cm³/mol. The van der Waals surface area contributed by atoms with Crippen molar-refractivity contribution in [1.82, 2.24) is 0 Å². The van der Waals surface area contributed by atoms with E-state index < -0.39 is 0 Å². The highest BCUT2D eigenvalue weighted by Gasteiger charge is 2.47. The Kier molecular flexibility index (Phi) is 8.92. The molecule has 0 saturated carbocycles. The number of halogens is 2. The van der Waals surface area contributed by atoms with E-state index in [2.05, 4.69) is 22.0 Å². The lowest BCUT2D eigenvalue weighted by atomic mass is 9.83. The van der Waals surface area contributed by atoms with Crippen LogP contribution in [-0.4, -0.2) is 49.5 Å². The van der Waals surface area contributed by atoms with E-state index in [9.17, 15) is 4.79 Å². The summed E-state index contributed by atoms with van der Waals surface area (Å²) in [6.07, 6.45) is 1.90. The Morgan fingerprint density at radius 3 is 2.40 bits per heavy atom. The van der Waals surface area contributed by atoms with E-state index in [-0.39, 0.29) is 29.2 Å². The van der Waals surface area contributed by atoms with Gasteiger partial charge in [-0.05, 0) is 46.3 Å². The normalized spacial score (nSPS) is 22.8. The number of ether oxygens (including phenoxy) is 2. The van der Waals surface area contributed by atoms with Crippen LogP contribution in [0.5, 0.6) is 5.75 Å². The van der Waals surface area contributed by atoms with Crippen LogP contribution in [0.4, 0.5) is 10.5 Å². The van der Waals surface area contributed by atoms with Crippen molar-refractivity contribution in [3.05, 3.63) is 81.5 Å². The standard InChI is InChI=1S/C27H30BrN2O3S.BrH/c28-22-17-25(34-20-22)18-29(23-7-3-1-4-8-23)27(31)33-26-19-30(13-11-21(26)12-14-30)15-16-32-24-9-5-2-6-10-24;/h1-10,17,20-21,26H,11-16,18-19H2;1H/q+1;/p-1/t21?,26-,30?;/m0./s1. The van der Waals surface area contributed by atoms with Crippen molar-refractivity contribution in [3.63, 3.8) is 0 Å². The maximum absolute atomic E-state index is 13.5. The minimum atomic E-state index is -0.256. The fraction of sp³-hybridized carbons (Fsp3) is 0.370. The number of amides is 1. The fourth-order valence-corrected chi connectivity index (χ4v) is 6.64.